The summed E-state index contributed by atoms with van der Waals surface area (Å²) in [6.07, 6.45) is 2.20. The molecule has 0 aromatic heterocycles. The Balaban J connectivity index is 2.86. The lowest BCUT2D eigenvalue weighted by atomic mass is 9.95. The average molecular weight is 279 g/mol. The highest BCUT2D eigenvalue weighted by Gasteiger charge is 2.14. The summed E-state index contributed by atoms with van der Waals surface area (Å²) in [7, 11) is 0. The topological polar surface area (TPSA) is 35.8 Å². The van der Waals surface area contributed by atoms with Crippen molar-refractivity contribution in [2.45, 2.75) is 46.6 Å². The van der Waals surface area contributed by atoms with Crippen LogP contribution < -0.4 is 5.32 Å². The largest absolute Gasteiger partial charge is 0.381 e. The fourth-order valence-electron chi connectivity index (χ4n) is 2.28. The number of nitrogens with zero attached hydrogens (tertiary/aromatic N) is 1. The first-order valence-electron chi connectivity index (χ1n) is 6.88. The zero-order chi connectivity index (χ0) is 14.4. The second kappa shape index (κ2) is 7.40. The first-order valence-corrected chi connectivity index (χ1v) is 7.26. The Morgan fingerprint density at radius 1 is 1.16 bits per heavy atom. The number of hydrogen-bond acceptors (Lipinski definition) is 2. The molecule has 0 bridgehead atoms. The molecule has 0 aliphatic rings. The molecule has 1 rings (SSSR count). The van der Waals surface area contributed by atoms with Gasteiger partial charge in [0.2, 0.25) is 0 Å². The monoisotopic (exact) mass is 278 g/mol. The van der Waals surface area contributed by atoms with E-state index < -0.39 is 0 Å². The predicted molar refractivity (Wildman–Crippen MR) is 82.5 cm³/mol. The summed E-state index contributed by atoms with van der Waals surface area (Å²) in [4.78, 5) is 0. The lowest BCUT2D eigenvalue weighted by Gasteiger charge is -2.24. The molecule has 0 spiro atoms. The van der Waals surface area contributed by atoms with Gasteiger partial charge in [-0.3, -0.25) is 0 Å². The van der Waals surface area contributed by atoms with Gasteiger partial charge < -0.3 is 5.32 Å². The van der Waals surface area contributed by atoms with Crippen LogP contribution in [-0.4, -0.2) is 6.04 Å². The number of halogens is 1. The van der Waals surface area contributed by atoms with E-state index in [0.29, 0.717) is 28.5 Å². The standard InChI is InChI=1S/C16H23ClN2/c1-11(2)7-14(8-12(3)4)19-16-9-13(10-18)5-6-15(16)17/h5-6,9,11-12,14,19H,7-8H2,1-4H3. The van der Waals surface area contributed by atoms with Crippen LogP contribution in [0.1, 0.15) is 46.1 Å². The quantitative estimate of drug-likeness (QED) is 0.787. The number of rotatable bonds is 6. The molecule has 0 radical (unpaired) electrons. The van der Waals surface area contributed by atoms with Crippen LogP contribution in [0, 0.1) is 23.2 Å². The Morgan fingerprint density at radius 2 is 1.74 bits per heavy atom. The molecule has 0 heterocycles. The highest BCUT2D eigenvalue weighted by molar-refractivity contribution is 6.33. The Labute approximate surface area is 121 Å². The highest BCUT2D eigenvalue weighted by atomic mass is 35.5. The fraction of sp³-hybridized carbons (Fsp3) is 0.562. The zero-order valence-corrected chi connectivity index (χ0v) is 13.0. The van der Waals surface area contributed by atoms with E-state index in [1.54, 1.807) is 12.1 Å². The summed E-state index contributed by atoms with van der Waals surface area (Å²) >= 11 is 6.20. The van der Waals surface area contributed by atoms with Crippen molar-refractivity contribution in [3.63, 3.8) is 0 Å². The Hall–Kier alpha value is -1.20. The maximum atomic E-state index is 8.96. The molecular weight excluding hydrogens is 256 g/mol. The Bertz CT molecular complexity index is 437. The number of anilines is 1. The van der Waals surface area contributed by atoms with Gasteiger partial charge in [-0.25, -0.2) is 0 Å². The minimum absolute atomic E-state index is 0.395. The van der Waals surface area contributed by atoms with Crippen LogP contribution in [0.4, 0.5) is 5.69 Å². The fourth-order valence-corrected chi connectivity index (χ4v) is 2.45. The molecule has 3 heteroatoms. The zero-order valence-electron chi connectivity index (χ0n) is 12.2. The SMILES string of the molecule is CC(C)CC(CC(C)C)Nc1cc(C#N)ccc1Cl. The van der Waals surface area contributed by atoms with E-state index in [2.05, 4.69) is 39.1 Å². The van der Waals surface area contributed by atoms with E-state index in [9.17, 15) is 0 Å². The predicted octanol–water partition coefficient (Wildman–Crippen LogP) is 5.08. The van der Waals surface area contributed by atoms with E-state index in [1.807, 2.05) is 6.07 Å². The average Bonchev–Trinajstić information content (AvgIpc) is 2.30. The third-order valence-corrected chi connectivity index (χ3v) is 3.30. The third-order valence-electron chi connectivity index (χ3n) is 2.97. The molecule has 0 saturated heterocycles. The lowest BCUT2D eigenvalue weighted by Crippen LogP contribution is -2.23. The number of hydrogen-bond donors (Lipinski definition) is 1. The molecule has 0 saturated carbocycles. The van der Waals surface area contributed by atoms with Crippen molar-refractivity contribution in [1.82, 2.24) is 0 Å². The molecule has 0 fully saturated rings. The van der Waals surface area contributed by atoms with Crippen molar-refractivity contribution in [3.05, 3.63) is 28.8 Å². The smallest absolute Gasteiger partial charge is 0.0992 e. The van der Waals surface area contributed by atoms with Gasteiger partial charge in [0.1, 0.15) is 0 Å². The summed E-state index contributed by atoms with van der Waals surface area (Å²) < 4.78 is 0. The third kappa shape index (κ3) is 5.53. The second-order valence-electron chi connectivity index (χ2n) is 5.91. The molecule has 0 amide bonds. The summed E-state index contributed by atoms with van der Waals surface area (Å²) in [6, 6.07) is 7.90. The van der Waals surface area contributed by atoms with Crippen molar-refractivity contribution >= 4 is 17.3 Å². The molecule has 2 nitrogen and oxygen atoms in total. The highest BCUT2D eigenvalue weighted by Crippen LogP contribution is 2.26. The molecule has 1 N–H and O–H groups in total. The van der Waals surface area contributed by atoms with Crippen LogP contribution in [0.2, 0.25) is 5.02 Å². The summed E-state index contributed by atoms with van der Waals surface area (Å²) in [5.41, 5.74) is 1.51. The van der Waals surface area contributed by atoms with E-state index in [1.165, 1.54) is 0 Å². The van der Waals surface area contributed by atoms with Crippen LogP contribution in [0.15, 0.2) is 18.2 Å². The lowest BCUT2D eigenvalue weighted by molar-refractivity contribution is 0.442. The van der Waals surface area contributed by atoms with Gasteiger partial charge in [0.25, 0.3) is 0 Å². The van der Waals surface area contributed by atoms with Gasteiger partial charge >= 0.3 is 0 Å². The summed E-state index contributed by atoms with van der Waals surface area (Å²) in [6.45, 7) is 8.90. The van der Waals surface area contributed by atoms with Crippen molar-refractivity contribution in [2.75, 3.05) is 5.32 Å². The van der Waals surface area contributed by atoms with Gasteiger partial charge in [0, 0.05) is 6.04 Å². The maximum absolute atomic E-state index is 8.96. The van der Waals surface area contributed by atoms with Gasteiger partial charge in [-0.15, -0.1) is 0 Å². The second-order valence-corrected chi connectivity index (χ2v) is 6.31. The minimum Gasteiger partial charge on any atom is -0.381 e. The molecule has 1 aromatic rings. The van der Waals surface area contributed by atoms with E-state index in [-0.39, 0.29) is 0 Å². The first kappa shape index (κ1) is 15.9. The van der Waals surface area contributed by atoms with Crippen LogP contribution in [-0.2, 0) is 0 Å². The van der Waals surface area contributed by atoms with E-state index >= 15 is 0 Å². The van der Waals surface area contributed by atoms with E-state index in [4.69, 9.17) is 16.9 Å². The van der Waals surface area contributed by atoms with E-state index in [0.717, 1.165) is 18.5 Å². The van der Waals surface area contributed by atoms with Gasteiger partial charge in [0.05, 0.1) is 22.3 Å². The van der Waals surface area contributed by atoms with Crippen LogP contribution in [0.3, 0.4) is 0 Å². The minimum atomic E-state index is 0.395. The van der Waals surface area contributed by atoms with Crippen molar-refractivity contribution in [1.29, 1.82) is 5.26 Å². The molecule has 0 aliphatic carbocycles. The molecular formula is C16H23ClN2. The molecule has 0 atom stereocenters. The first-order chi connectivity index (χ1) is 8.92. The molecule has 104 valence electrons. The molecule has 0 unspecified atom stereocenters. The van der Waals surface area contributed by atoms with Crippen LogP contribution >= 0.6 is 11.6 Å². The van der Waals surface area contributed by atoms with Crippen molar-refractivity contribution in [3.8, 4) is 6.07 Å². The van der Waals surface area contributed by atoms with Crippen molar-refractivity contribution < 1.29 is 0 Å². The van der Waals surface area contributed by atoms with Gasteiger partial charge in [-0.2, -0.15) is 5.26 Å². The normalized spacial score (nSPS) is 11.1. The van der Waals surface area contributed by atoms with Crippen LogP contribution in [0.5, 0.6) is 0 Å². The Kier molecular flexibility index (Phi) is 6.18. The maximum Gasteiger partial charge on any atom is 0.0992 e. The Morgan fingerprint density at radius 3 is 2.21 bits per heavy atom. The molecule has 1 aromatic carbocycles. The van der Waals surface area contributed by atoms with Gasteiger partial charge in [-0.05, 0) is 42.9 Å². The van der Waals surface area contributed by atoms with Gasteiger partial charge in [-0.1, -0.05) is 39.3 Å². The van der Waals surface area contributed by atoms with Crippen LogP contribution in [0.25, 0.3) is 0 Å². The molecule has 0 aliphatic heterocycles. The summed E-state index contributed by atoms with van der Waals surface area (Å²) in [5, 5.41) is 13.1. The van der Waals surface area contributed by atoms with Gasteiger partial charge in [0.15, 0.2) is 0 Å². The number of benzene rings is 1. The molecule has 19 heavy (non-hydrogen) atoms. The van der Waals surface area contributed by atoms with Crippen molar-refractivity contribution in [2.24, 2.45) is 11.8 Å². The number of nitrogens with one attached hydrogen (secondary N) is 1. The summed E-state index contributed by atoms with van der Waals surface area (Å²) in [5.74, 6) is 1.27. The number of nitriles is 1.